The predicted octanol–water partition coefficient (Wildman–Crippen LogP) is 0.501. The molecule has 2 heterocycles. The summed E-state index contributed by atoms with van der Waals surface area (Å²) in [4.78, 5) is 21.7. The van der Waals surface area contributed by atoms with Crippen molar-refractivity contribution in [1.29, 1.82) is 0 Å². The Bertz CT molecular complexity index is 455. The molecule has 0 bridgehead atoms. The van der Waals surface area contributed by atoms with Crippen molar-refractivity contribution >= 4 is 5.91 Å². The molecule has 1 amide bonds. The molecule has 0 aromatic carbocycles. The van der Waals surface area contributed by atoms with Crippen molar-refractivity contribution in [3.05, 3.63) is 12.4 Å². The Labute approximate surface area is 117 Å². The van der Waals surface area contributed by atoms with Gasteiger partial charge in [-0.2, -0.15) is 4.98 Å². The van der Waals surface area contributed by atoms with E-state index in [1.807, 2.05) is 6.92 Å². The Morgan fingerprint density at radius 2 is 2.25 bits per heavy atom. The molecule has 1 aromatic rings. The lowest BCUT2D eigenvalue weighted by atomic mass is 10.3. The quantitative estimate of drug-likeness (QED) is 0.756. The smallest absolute Gasteiger partial charge is 0.248 e. The fourth-order valence-electron chi connectivity index (χ4n) is 1.99. The molecule has 0 saturated carbocycles. The summed E-state index contributed by atoms with van der Waals surface area (Å²) in [6.45, 7) is 3.75. The molecule has 1 aliphatic heterocycles. The molecular formula is C13H19N3O4. The standard InChI is InChI=1S/C13H19N3O4/c1-3-19-9-13(17)16-5-4-10(8-16)20-12-7-14-6-11(15-12)18-2/h6-7,10H,3-5,8-9H2,1-2H3/t10-/m1/s1. The summed E-state index contributed by atoms with van der Waals surface area (Å²) in [7, 11) is 1.53. The van der Waals surface area contributed by atoms with Gasteiger partial charge in [0.1, 0.15) is 12.7 Å². The zero-order valence-electron chi connectivity index (χ0n) is 11.7. The van der Waals surface area contributed by atoms with Gasteiger partial charge in [0.25, 0.3) is 0 Å². The lowest BCUT2D eigenvalue weighted by Gasteiger charge is -2.16. The number of aromatic nitrogens is 2. The van der Waals surface area contributed by atoms with Gasteiger partial charge in [0.05, 0.1) is 26.0 Å². The third kappa shape index (κ3) is 3.80. The molecule has 0 N–H and O–H groups in total. The van der Waals surface area contributed by atoms with E-state index in [1.165, 1.54) is 19.5 Å². The van der Waals surface area contributed by atoms with Crippen LogP contribution in [0, 0.1) is 0 Å². The van der Waals surface area contributed by atoms with E-state index >= 15 is 0 Å². The minimum atomic E-state index is -0.0676. The van der Waals surface area contributed by atoms with Crippen molar-refractivity contribution in [3.63, 3.8) is 0 Å². The maximum atomic E-state index is 11.8. The van der Waals surface area contributed by atoms with Crippen LogP contribution in [0.15, 0.2) is 12.4 Å². The van der Waals surface area contributed by atoms with Crippen molar-refractivity contribution in [2.75, 3.05) is 33.4 Å². The van der Waals surface area contributed by atoms with Gasteiger partial charge in [0.15, 0.2) is 0 Å². The van der Waals surface area contributed by atoms with Crippen molar-refractivity contribution in [2.24, 2.45) is 0 Å². The molecule has 1 aliphatic rings. The normalized spacial score (nSPS) is 18.1. The number of hydrogen-bond acceptors (Lipinski definition) is 6. The number of likely N-dealkylation sites (tertiary alicyclic amines) is 1. The van der Waals surface area contributed by atoms with E-state index < -0.39 is 0 Å². The van der Waals surface area contributed by atoms with Gasteiger partial charge in [0.2, 0.25) is 17.7 Å². The molecule has 1 atom stereocenters. The van der Waals surface area contributed by atoms with Gasteiger partial charge in [-0.3, -0.25) is 9.78 Å². The first kappa shape index (κ1) is 14.5. The van der Waals surface area contributed by atoms with Crippen molar-refractivity contribution in [1.82, 2.24) is 14.9 Å². The number of amides is 1. The number of rotatable bonds is 6. The third-order valence-electron chi connectivity index (χ3n) is 3.01. The Morgan fingerprint density at radius 3 is 3.00 bits per heavy atom. The molecule has 1 fully saturated rings. The first-order valence-electron chi connectivity index (χ1n) is 6.61. The molecular weight excluding hydrogens is 262 g/mol. The lowest BCUT2D eigenvalue weighted by molar-refractivity contribution is -0.135. The van der Waals surface area contributed by atoms with E-state index in [0.717, 1.165) is 6.42 Å². The zero-order valence-corrected chi connectivity index (χ0v) is 11.7. The minimum Gasteiger partial charge on any atom is -0.480 e. The highest BCUT2D eigenvalue weighted by Gasteiger charge is 2.27. The Balaban J connectivity index is 1.85. The van der Waals surface area contributed by atoms with Crippen LogP contribution < -0.4 is 9.47 Å². The minimum absolute atomic E-state index is 0.00493. The molecule has 0 unspecified atom stereocenters. The summed E-state index contributed by atoms with van der Waals surface area (Å²) in [6, 6.07) is 0. The van der Waals surface area contributed by atoms with Crippen LogP contribution in [-0.2, 0) is 9.53 Å². The fourth-order valence-corrected chi connectivity index (χ4v) is 1.99. The maximum absolute atomic E-state index is 11.8. The van der Waals surface area contributed by atoms with E-state index in [0.29, 0.717) is 31.5 Å². The van der Waals surface area contributed by atoms with Gasteiger partial charge < -0.3 is 19.1 Å². The van der Waals surface area contributed by atoms with E-state index in [2.05, 4.69) is 9.97 Å². The van der Waals surface area contributed by atoms with Crippen LogP contribution in [-0.4, -0.2) is 60.3 Å². The summed E-state index contributed by atoms with van der Waals surface area (Å²) in [5.41, 5.74) is 0. The number of carbonyl (C=O) groups is 1. The van der Waals surface area contributed by atoms with E-state index in [9.17, 15) is 4.79 Å². The maximum Gasteiger partial charge on any atom is 0.248 e. The third-order valence-corrected chi connectivity index (χ3v) is 3.01. The molecule has 110 valence electrons. The van der Waals surface area contributed by atoms with Crippen LogP contribution in [0.2, 0.25) is 0 Å². The van der Waals surface area contributed by atoms with Gasteiger partial charge in [-0.1, -0.05) is 0 Å². The van der Waals surface area contributed by atoms with E-state index in [4.69, 9.17) is 14.2 Å². The number of methoxy groups -OCH3 is 1. The van der Waals surface area contributed by atoms with Crippen LogP contribution in [0.3, 0.4) is 0 Å². The highest BCUT2D eigenvalue weighted by Crippen LogP contribution is 2.18. The summed E-state index contributed by atoms with van der Waals surface area (Å²) in [6.07, 6.45) is 3.76. The number of ether oxygens (including phenoxy) is 3. The molecule has 2 rings (SSSR count). The summed E-state index contributed by atoms with van der Waals surface area (Å²) < 4.78 is 15.8. The zero-order chi connectivity index (χ0) is 14.4. The van der Waals surface area contributed by atoms with Gasteiger partial charge in [-0.05, 0) is 6.92 Å². The van der Waals surface area contributed by atoms with Crippen LogP contribution in [0.1, 0.15) is 13.3 Å². The summed E-state index contributed by atoms with van der Waals surface area (Å²) in [5, 5.41) is 0. The molecule has 1 saturated heterocycles. The summed E-state index contributed by atoms with van der Waals surface area (Å²) >= 11 is 0. The van der Waals surface area contributed by atoms with E-state index in [1.54, 1.807) is 4.90 Å². The largest absolute Gasteiger partial charge is 0.480 e. The number of hydrogen-bond donors (Lipinski definition) is 0. The summed E-state index contributed by atoms with van der Waals surface area (Å²) in [5.74, 6) is 0.813. The van der Waals surface area contributed by atoms with Crippen molar-refractivity contribution < 1.29 is 19.0 Å². The SMILES string of the molecule is CCOCC(=O)N1CC[C@@H](Oc2cncc(OC)n2)C1. The van der Waals surface area contributed by atoms with Crippen molar-refractivity contribution in [3.8, 4) is 11.8 Å². The Kier molecular flexibility index (Phi) is 5.11. The van der Waals surface area contributed by atoms with E-state index in [-0.39, 0.29) is 18.6 Å². The monoisotopic (exact) mass is 281 g/mol. The molecule has 0 aliphatic carbocycles. The van der Waals surface area contributed by atoms with Gasteiger partial charge in [0, 0.05) is 19.6 Å². The first-order valence-corrected chi connectivity index (χ1v) is 6.61. The predicted molar refractivity (Wildman–Crippen MR) is 70.7 cm³/mol. The van der Waals surface area contributed by atoms with Crippen LogP contribution in [0.5, 0.6) is 11.8 Å². The first-order chi connectivity index (χ1) is 9.72. The molecule has 7 nitrogen and oxygen atoms in total. The second-order valence-corrected chi connectivity index (χ2v) is 4.41. The van der Waals surface area contributed by atoms with Crippen LogP contribution in [0.4, 0.5) is 0 Å². The lowest BCUT2D eigenvalue weighted by Crippen LogP contribution is -2.33. The second kappa shape index (κ2) is 7.04. The number of carbonyl (C=O) groups excluding carboxylic acids is 1. The molecule has 20 heavy (non-hydrogen) atoms. The average Bonchev–Trinajstić information content (AvgIpc) is 2.93. The Hall–Kier alpha value is -1.89. The van der Waals surface area contributed by atoms with Crippen molar-refractivity contribution in [2.45, 2.75) is 19.4 Å². The van der Waals surface area contributed by atoms with Crippen LogP contribution in [0.25, 0.3) is 0 Å². The molecule has 1 aromatic heterocycles. The fraction of sp³-hybridized carbons (Fsp3) is 0.615. The Morgan fingerprint density at radius 1 is 1.45 bits per heavy atom. The topological polar surface area (TPSA) is 73.8 Å². The van der Waals surface area contributed by atoms with Crippen LogP contribution >= 0.6 is 0 Å². The highest BCUT2D eigenvalue weighted by molar-refractivity contribution is 5.77. The second-order valence-electron chi connectivity index (χ2n) is 4.41. The average molecular weight is 281 g/mol. The molecule has 7 heteroatoms. The van der Waals surface area contributed by atoms with Gasteiger partial charge in [-0.15, -0.1) is 0 Å². The van der Waals surface area contributed by atoms with Gasteiger partial charge >= 0.3 is 0 Å². The van der Waals surface area contributed by atoms with Gasteiger partial charge in [-0.25, -0.2) is 0 Å². The molecule has 0 spiro atoms. The highest BCUT2D eigenvalue weighted by atomic mass is 16.5. The number of nitrogens with zero attached hydrogens (tertiary/aromatic N) is 3. The molecule has 0 radical (unpaired) electrons.